The summed E-state index contributed by atoms with van der Waals surface area (Å²) < 4.78 is 26.1. The molecule has 1 saturated carbocycles. The quantitative estimate of drug-likeness (QED) is 0.821. The van der Waals surface area contributed by atoms with Gasteiger partial charge in [-0.2, -0.15) is 0 Å². The van der Waals surface area contributed by atoms with E-state index in [0.717, 1.165) is 31.7 Å². The number of hydrogen-bond donors (Lipinski definition) is 1. The topological polar surface area (TPSA) is 20.2 Å². The normalized spacial score (nSPS) is 25.7. The summed E-state index contributed by atoms with van der Waals surface area (Å²) in [4.78, 5) is 0. The van der Waals surface area contributed by atoms with Crippen molar-refractivity contribution in [3.8, 4) is 0 Å². The molecule has 0 bridgehead atoms. The van der Waals surface area contributed by atoms with Gasteiger partial charge in [-0.05, 0) is 43.2 Å². The molecule has 0 aromatic heterocycles. The fourth-order valence-corrected chi connectivity index (χ4v) is 2.45. The van der Waals surface area contributed by atoms with E-state index < -0.39 is 11.6 Å². The minimum atomic E-state index is -0.537. The van der Waals surface area contributed by atoms with Crippen LogP contribution in [0.3, 0.4) is 0 Å². The molecule has 2 atom stereocenters. The number of aliphatic hydroxyl groups excluding tert-OH is 1. The van der Waals surface area contributed by atoms with Crippen molar-refractivity contribution >= 4 is 0 Å². The molecule has 3 heteroatoms. The summed E-state index contributed by atoms with van der Waals surface area (Å²) in [6, 6.07) is 3.72. The Bertz CT molecular complexity index is 365. The molecule has 1 aromatic carbocycles. The molecule has 1 aromatic rings. The maximum Gasteiger partial charge on any atom is 0.129 e. The fraction of sp³-hybridized carbons (Fsp3) is 0.538. The van der Waals surface area contributed by atoms with Crippen molar-refractivity contribution in [2.75, 3.05) is 0 Å². The highest BCUT2D eigenvalue weighted by molar-refractivity contribution is 5.19. The molecular weight excluding hydrogens is 210 g/mol. The molecule has 1 N–H and O–H groups in total. The van der Waals surface area contributed by atoms with Crippen molar-refractivity contribution in [1.29, 1.82) is 0 Å². The second-order valence-corrected chi connectivity index (χ2v) is 4.63. The van der Waals surface area contributed by atoms with Crippen molar-refractivity contribution in [3.63, 3.8) is 0 Å². The number of rotatable bonds is 2. The molecule has 1 aliphatic carbocycles. The zero-order chi connectivity index (χ0) is 11.5. The van der Waals surface area contributed by atoms with E-state index in [1.807, 2.05) is 0 Å². The average molecular weight is 226 g/mol. The van der Waals surface area contributed by atoms with Crippen LogP contribution in [0.1, 0.15) is 31.2 Å². The lowest BCUT2D eigenvalue weighted by atomic mass is 9.83. The van der Waals surface area contributed by atoms with Gasteiger partial charge in [0.2, 0.25) is 0 Å². The molecule has 88 valence electrons. The zero-order valence-corrected chi connectivity index (χ0v) is 9.13. The number of aliphatic hydroxyl groups is 1. The van der Waals surface area contributed by atoms with E-state index in [2.05, 4.69) is 0 Å². The Kier molecular flexibility index (Phi) is 3.54. The Morgan fingerprint density at radius 1 is 1.25 bits per heavy atom. The predicted octanol–water partition coefficient (Wildman–Crippen LogP) is 3.06. The SMILES string of the molecule is OC1CCCC(Cc2ccc(F)cc2F)C1. The third-order valence-electron chi connectivity index (χ3n) is 3.28. The van der Waals surface area contributed by atoms with E-state index in [0.29, 0.717) is 17.9 Å². The zero-order valence-electron chi connectivity index (χ0n) is 9.13. The Hall–Kier alpha value is -0.960. The lowest BCUT2D eigenvalue weighted by Crippen LogP contribution is -2.21. The maximum atomic E-state index is 13.4. The van der Waals surface area contributed by atoms with Crippen LogP contribution < -0.4 is 0 Å². The highest BCUT2D eigenvalue weighted by Gasteiger charge is 2.21. The van der Waals surface area contributed by atoms with Gasteiger partial charge >= 0.3 is 0 Å². The van der Waals surface area contributed by atoms with Crippen LogP contribution in [-0.4, -0.2) is 11.2 Å². The monoisotopic (exact) mass is 226 g/mol. The van der Waals surface area contributed by atoms with Gasteiger partial charge in [-0.25, -0.2) is 8.78 Å². The van der Waals surface area contributed by atoms with Gasteiger partial charge < -0.3 is 5.11 Å². The van der Waals surface area contributed by atoms with Gasteiger partial charge in [0.05, 0.1) is 6.10 Å². The first-order valence-corrected chi connectivity index (χ1v) is 5.77. The summed E-state index contributed by atoms with van der Waals surface area (Å²) >= 11 is 0. The Morgan fingerprint density at radius 3 is 2.75 bits per heavy atom. The molecule has 0 amide bonds. The molecular formula is C13H16F2O. The van der Waals surface area contributed by atoms with Crippen LogP contribution >= 0.6 is 0 Å². The molecule has 0 saturated heterocycles. The molecule has 1 aliphatic rings. The van der Waals surface area contributed by atoms with E-state index >= 15 is 0 Å². The molecule has 0 radical (unpaired) electrons. The average Bonchev–Trinajstić information content (AvgIpc) is 2.22. The highest BCUT2D eigenvalue weighted by atomic mass is 19.1. The Labute approximate surface area is 94.1 Å². The lowest BCUT2D eigenvalue weighted by Gasteiger charge is -2.25. The lowest BCUT2D eigenvalue weighted by molar-refractivity contribution is 0.101. The first-order chi connectivity index (χ1) is 7.65. The van der Waals surface area contributed by atoms with E-state index in [-0.39, 0.29) is 6.10 Å². The summed E-state index contributed by atoms with van der Waals surface area (Å²) in [5, 5.41) is 9.52. The minimum Gasteiger partial charge on any atom is -0.393 e. The summed E-state index contributed by atoms with van der Waals surface area (Å²) in [5.74, 6) is -0.686. The highest BCUT2D eigenvalue weighted by Crippen LogP contribution is 2.28. The van der Waals surface area contributed by atoms with Crippen molar-refractivity contribution in [1.82, 2.24) is 0 Å². The fourth-order valence-electron chi connectivity index (χ4n) is 2.45. The first kappa shape index (κ1) is 11.5. The largest absolute Gasteiger partial charge is 0.393 e. The van der Waals surface area contributed by atoms with E-state index in [1.54, 1.807) is 0 Å². The third-order valence-corrected chi connectivity index (χ3v) is 3.28. The minimum absolute atomic E-state index is 0.248. The first-order valence-electron chi connectivity index (χ1n) is 5.77. The molecule has 0 spiro atoms. The second kappa shape index (κ2) is 4.91. The number of benzene rings is 1. The van der Waals surface area contributed by atoms with Crippen molar-refractivity contribution in [2.45, 2.75) is 38.2 Å². The summed E-state index contributed by atoms with van der Waals surface area (Å²) in [7, 11) is 0. The smallest absolute Gasteiger partial charge is 0.129 e. The second-order valence-electron chi connectivity index (χ2n) is 4.63. The molecule has 0 aliphatic heterocycles. The Morgan fingerprint density at radius 2 is 2.06 bits per heavy atom. The van der Waals surface area contributed by atoms with Gasteiger partial charge in [-0.3, -0.25) is 0 Å². The standard InChI is InChI=1S/C13H16F2O/c14-11-5-4-10(13(15)8-11)6-9-2-1-3-12(16)7-9/h4-5,8-9,12,16H,1-3,6-7H2. The van der Waals surface area contributed by atoms with Gasteiger partial charge in [-0.15, -0.1) is 0 Å². The van der Waals surface area contributed by atoms with Crippen LogP contribution in [0.5, 0.6) is 0 Å². The summed E-state index contributed by atoms with van der Waals surface area (Å²) in [6.45, 7) is 0. The van der Waals surface area contributed by atoms with Crippen LogP contribution in [0.2, 0.25) is 0 Å². The van der Waals surface area contributed by atoms with Crippen LogP contribution in [-0.2, 0) is 6.42 Å². The third kappa shape index (κ3) is 2.79. The molecule has 0 heterocycles. The van der Waals surface area contributed by atoms with Crippen LogP contribution in [0.4, 0.5) is 8.78 Å². The predicted molar refractivity (Wildman–Crippen MR) is 58.0 cm³/mol. The summed E-state index contributed by atoms with van der Waals surface area (Å²) in [5.41, 5.74) is 0.556. The van der Waals surface area contributed by atoms with E-state index in [4.69, 9.17) is 0 Å². The van der Waals surface area contributed by atoms with E-state index in [1.165, 1.54) is 12.1 Å². The molecule has 1 fully saturated rings. The van der Waals surface area contributed by atoms with Crippen molar-refractivity contribution in [3.05, 3.63) is 35.4 Å². The molecule has 2 unspecified atom stereocenters. The van der Waals surface area contributed by atoms with Crippen molar-refractivity contribution < 1.29 is 13.9 Å². The van der Waals surface area contributed by atoms with Gasteiger partial charge in [0.1, 0.15) is 11.6 Å². The molecule has 1 nitrogen and oxygen atoms in total. The maximum absolute atomic E-state index is 13.4. The Balaban J connectivity index is 2.02. The van der Waals surface area contributed by atoms with Crippen LogP contribution in [0.25, 0.3) is 0 Å². The van der Waals surface area contributed by atoms with Crippen molar-refractivity contribution in [2.24, 2.45) is 5.92 Å². The van der Waals surface area contributed by atoms with Crippen LogP contribution in [0.15, 0.2) is 18.2 Å². The van der Waals surface area contributed by atoms with Gasteiger partial charge in [0.25, 0.3) is 0 Å². The van der Waals surface area contributed by atoms with E-state index in [9.17, 15) is 13.9 Å². The van der Waals surface area contributed by atoms with Gasteiger partial charge in [-0.1, -0.05) is 12.5 Å². The molecule has 2 rings (SSSR count). The van der Waals surface area contributed by atoms with Crippen LogP contribution in [0, 0.1) is 17.6 Å². The van der Waals surface area contributed by atoms with Gasteiger partial charge in [0.15, 0.2) is 0 Å². The van der Waals surface area contributed by atoms with Gasteiger partial charge in [0, 0.05) is 6.07 Å². The summed E-state index contributed by atoms with van der Waals surface area (Å²) in [6.07, 6.45) is 3.95. The number of hydrogen-bond acceptors (Lipinski definition) is 1. The molecule has 16 heavy (non-hydrogen) atoms. The number of halogens is 2.